The van der Waals surface area contributed by atoms with Gasteiger partial charge in [-0.3, -0.25) is 0 Å². The van der Waals surface area contributed by atoms with E-state index in [1.807, 2.05) is 0 Å². The van der Waals surface area contributed by atoms with Crippen LogP contribution in [0.2, 0.25) is 0 Å². The smallest absolute Gasteiger partial charge is 0.0812 e. The number of hydrogen-bond donors (Lipinski definition) is 1. The van der Waals surface area contributed by atoms with Gasteiger partial charge in [0, 0.05) is 0 Å². The van der Waals surface area contributed by atoms with Crippen molar-refractivity contribution in [2.75, 3.05) is 13.2 Å². The van der Waals surface area contributed by atoms with Gasteiger partial charge in [0.2, 0.25) is 0 Å². The Bertz CT molecular complexity index is 150. The van der Waals surface area contributed by atoms with Crippen molar-refractivity contribution >= 4 is 0 Å². The molecular formula is C10H18O2. The van der Waals surface area contributed by atoms with Crippen LogP contribution in [0.5, 0.6) is 0 Å². The monoisotopic (exact) mass is 170 g/mol. The first-order chi connectivity index (χ1) is 5.85. The lowest BCUT2D eigenvalue weighted by molar-refractivity contribution is 0.0492. The van der Waals surface area contributed by atoms with Crippen LogP contribution in [0.25, 0.3) is 0 Å². The molecule has 0 bridgehead atoms. The van der Waals surface area contributed by atoms with Crippen LogP contribution in [0.3, 0.4) is 0 Å². The SMILES string of the molecule is OC[C@@H]1CC2(CCCCC2)CO1. The first-order valence-corrected chi connectivity index (χ1v) is 5.07. The summed E-state index contributed by atoms with van der Waals surface area (Å²) in [4.78, 5) is 0. The Balaban J connectivity index is 1.94. The molecule has 2 nitrogen and oxygen atoms in total. The van der Waals surface area contributed by atoms with Gasteiger partial charge in [-0.1, -0.05) is 19.3 Å². The van der Waals surface area contributed by atoms with Crippen molar-refractivity contribution in [1.29, 1.82) is 0 Å². The maximum atomic E-state index is 8.96. The van der Waals surface area contributed by atoms with Crippen molar-refractivity contribution in [3.8, 4) is 0 Å². The van der Waals surface area contributed by atoms with Gasteiger partial charge in [-0.25, -0.2) is 0 Å². The number of aliphatic hydroxyl groups is 1. The van der Waals surface area contributed by atoms with E-state index in [9.17, 15) is 0 Å². The molecule has 1 aliphatic heterocycles. The minimum atomic E-state index is 0.142. The normalized spacial score (nSPS) is 34.2. The van der Waals surface area contributed by atoms with Gasteiger partial charge in [-0.2, -0.15) is 0 Å². The Hall–Kier alpha value is -0.0800. The van der Waals surface area contributed by atoms with Gasteiger partial charge in [-0.15, -0.1) is 0 Å². The maximum Gasteiger partial charge on any atom is 0.0812 e. The Kier molecular flexibility index (Phi) is 2.37. The molecular weight excluding hydrogens is 152 g/mol. The number of hydrogen-bond acceptors (Lipinski definition) is 2. The second-order valence-corrected chi connectivity index (χ2v) is 4.38. The van der Waals surface area contributed by atoms with Gasteiger partial charge in [0.25, 0.3) is 0 Å². The average Bonchev–Trinajstić information content (AvgIpc) is 2.50. The van der Waals surface area contributed by atoms with Crippen LogP contribution in [0, 0.1) is 5.41 Å². The second-order valence-electron chi connectivity index (χ2n) is 4.38. The summed E-state index contributed by atoms with van der Waals surface area (Å²) in [6.45, 7) is 1.11. The molecule has 12 heavy (non-hydrogen) atoms. The van der Waals surface area contributed by atoms with Crippen molar-refractivity contribution in [2.45, 2.75) is 44.6 Å². The fraction of sp³-hybridized carbons (Fsp3) is 1.00. The number of aliphatic hydroxyl groups excluding tert-OH is 1. The highest BCUT2D eigenvalue weighted by atomic mass is 16.5. The predicted octanol–water partition coefficient (Wildman–Crippen LogP) is 1.72. The topological polar surface area (TPSA) is 29.5 Å². The third kappa shape index (κ3) is 1.50. The van der Waals surface area contributed by atoms with E-state index < -0.39 is 0 Å². The summed E-state index contributed by atoms with van der Waals surface area (Å²) < 4.78 is 5.55. The van der Waals surface area contributed by atoms with Crippen LogP contribution in [0.15, 0.2) is 0 Å². The molecule has 1 saturated heterocycles. The zero-order valence-corrected chi connectivity index (χ0v) is 7.59. The largest absolute Gasteiger partial charge is 0.394 e. The van der Waals surface area contributed by atoms with E-state index in [1.165, 1.54) is 32.1 Å². The molecule has 0 amide bonds. The molecule has 2 heteroatoms. The molecule has 70 valence electrons. The zero-order valence-electron chi connectivity index (χ0n) is 7.59. The molecule has 1 saturated carbocycles. The van der Waals surface area contributed by atoms with E-state index in [4.69, 9.17) is 9.84 Å². The number of ether oxygens (including phenoxy) is 1. The van der Waals surface area contributed by atoms with Crippen molar-refractivity contribution in [2.24, 2.45) is 5.41 Å². The van der Waals surface area contributed by atoms with Crippen LogP contribution >= 0.6 is 0 Å². The zero-order chi connectivity index (χ0) is 8.44. The first-order valence-electron chi connectivity index (χ1n) is 5.07. The number of rotatable bonds is 1. The minimum absolute atomic E-state index is 0.142. The highest BCUT2D eigenvalue weighted by molar-refractivity contribution is 4.89. The van der Waals surface area contributed by atoms with Gasteiger partial charge < -0.3 is 9.84 Å². The van der Waals surface area contributed by atoms with Crippen LogP contribution in [-0.4, -0.2) is 24.4 Å². The summed E-state index contributed by atoms with van der Waals surface area (Å²) in [5.41, 5.74) is 0.464. The Morgan fingerprint density at radius 2 is 2.00 bits per heavy atom. The van der Waals surface area contributed by atoms with Crippen molar-refractivity contribution in [3.05, 3.63) is 0 Å². The van der Waals surface area contributed by atoms with E-state index in [-0.39, 0.29) is 12.7 Å². The van der Waals surface area contributed by atoms with Crippen molar-refractivity contribution in [1.82, 2.24) is 0 Å². The Morgan fingerprint density at radius 3 is 2.58 bits per heavy atom. The van der Waals surface area contributed by atoms with E-state index in [1.54, 1.807) is 0 Å². The molecule has 2 aliphatic rings. The van der Waals surface area contributed by atoms with E-state index in [2.05, 4.69) is 0 Å². The third-order valence-electron chi connectivity index (χ3n) is 3.40. The van der Waals surface area contributed by atoms with Crippen LogP contribution in [-0.2, 0) is 4.74 Å². The summed E-state index contributed by atoms with van der Waals surface area (Å²) in [5, 5.41) is 8.96. The van der Waals surface area contributed by atoms with Gasteiger partial charge in [0.05, 0.1) is 19.3 Å². The lowest BCUT2D eigenvalue weighted by Crippen LogP contribution is -2.24. The van der Waals surface area contributed by atoms with Crippen LogP contribution < -0.4 is 0 Å². The Labute approximate surface area is 73.9 Å². The molecule has 0 radical (unpaired) electrons. The fourth-order valence-electron chi connectivity index (χ4n) is 2.66. The Morgan fingerprint density at radius 1 is 1.25 bits per heavy atom. The molecule has 2 rings (SSSR count). The molecule has 1 aliphatic carbocycles. The van der Waals surface area contributed by atoms with Crippen molar-refractivity contribution < 1.29 is 9.84 Å². The predicted molar refractivity (Wildman–Crippen MR) is 47.0 cm³/mol. The summed E-state index contributed by atoms with van der Waals surface area (Å²) in [7, 11) is 0. The molecule has 0 aromatic heterocycles. The molecule has 0 unspecified atom stereocenters. The molecule has 2 fully saturated rings. The summed E-state index contributed by atoms with van der Waals surface area (Å²) in [6.07, 6.45) is 8.01. The highest BCUT2D eigenvalue weighted by Gasteiger charge is 2.40. The first kappa shape index (κ1) is 8.52. The van der Waals surface area contributed by atoms with Crippen LogP contribution in [0.1, 0.15) is 38.5 Å². The fourth-order valence-corrected chi connectivity index (χ4v) is 2.66. The quantitative estimate of drug-likeness (QED) is 0.649. The third-order valence-corrected chi connectivity index (χ3v) is 3.40. The van der Waals surface area contributed by atoms with E-state index in [0.29, 0.717) is 5.41 Å². The van der Waals surface area contributed by atoms with E-state index >= 15 is 0 Å². The molecule has 0 aromatic rings. The second kappa shape index (κ2) is 3.35. The minimum Gasteiger partial charge on any atom is -0.394 e. The molecule has 1 heterocycles. The summed E-state index contributed by atoms with van der Waals surface area (Å²) in [6, 6.07) is 0. The summed E-state index contributed by atoms with van der Waals surface area (Å²) >= 11 is 0. The van der Waals surface area contributed by atoms with E-state index in [0.717, 1.165) is 13.0 Å². The van der Waals surface area contributed by atoms with Gasteiger partial charge >= 0.3 is 0 Å². The summed E-state index contributed by atoms with van der Waals surface area (Å²) in [5.74, 6) is 0. The molecule has 0 aromatic carbocycles. The molecule has 1 atom stereocenters. The lowest BCUT2D eigenvalue weighted by Gasteiger charge is -2.31. The highest BCUT2D eigenvalue weighted by Crippen LogP contribution is 2.44. The van der Waals surface area contributed by atoms with Gasteiger partial charge in [-0.05, 0) is 24.7 Å². The molecule has 1 N–H and O–H groups in total. The molecule has 1 spiro atoms. The lowest BCUT2D eigenvalue weighted by atomic mass is 9.73. The van der Waals surface area contributed by atoms with Crippen molar-refractivity contribution in [3.63, 3.8) is 0 Å². The maximum absolute atomic E-state index is 8.96. The average molecular weight is 170 g/mol. The van der Waals surface area contributed by atoms with Gasteiger partial charge in [0.15, 0.2) is 0 Å². The van der Waals surface area contributed by atoms with Crippen LogP contribution in [0.4, 0.5) is 0 Å². The standard InChI is InChI=1S/C10H18O2/c11-7-9-6-10(8-12-9)4-2-1-3-5-10/h9,11H,1-8H2/t9-/m0/s1. The van der Waals surface area contributed by atoms with Gasteiger partial charge in [0.1, 0.15) is 0 Å².